The highest BCUT2D eigenvalue weighted by atomic mass is 16.6. The van der Waals surface area contributed by atoms with Gasteiger partial charge < -0.3 is 9.47 Å². The number of carbonyl (C=O) groups is 3. The number of hydrogen-bond acceptors (Lipinski definition) is 7. The van der Waals surface area contributed by atoms with E-state index in [9.17, 15) is 24.5 Å². The fourth-order valence-electron chi connectivity index (χ4n) is 1.50. The minimum absolute atomic E-state index is 0.248. The third-order valence-electron chi connectivity index (χ3n) is 2.16. The molecule has 8 nitrogen and oxygen atoms in total. The van der Waals surface area contributed by atoms with Crippen molar-refractivity contribution in [3.63, 3.8) is 0 Å². The van der Waals surface area contributed by atoms with E-state index in [0.29, 0.717) is 0 Å². The van der Waals surface area contributed by atoms with E-state index in [4.69, 9.17) is 9.47 Å². The van der Waals surface area contributed by atoms with Gasteiger partial charge in [0.2, 0.25) is 0 Å². The Hall–Kier alpha value is -2.77. The van der Waals surface area contributed by atoms with Gasteiger partial charge in [-0.05, 0) is 19.1 Å². The number of ketones is 1. The molecule has 0 amide bonds. The molecule has 0 saturated heterocycles. The molecule has 1 aromatic carbocycles. The van der Waals surface area contributed by atoms with Crippen LogP contribution in [0.4, 0.5) is 5.69 Å². The number of Topliss-reactive ketones (excluding diaryl/α,β-unsaturated/α-hetero) is 1. The third kappa shape index (κ3) is 3.37. The molecular formula is C12H11NO7. The van der Waals surface area contributed by atoms with E-state index in [1.807, 2.05) is 0 Å². The summed E-state index contributed by atoms with van der Waals surface area (Å²) in [6, 6.07) is 2.29. The molecule has 0 atom stereocenters. The van der Waals surface area contributed by atoms with E-state index < -0.39 is 34.1 Å². The number of carbonyl (C=O) groups excluding carboxylic acids is 3. The zero-order valence-corrected chi connectivity index (χ0v) is 11.0. The Bertz CT molecular complexity index is 606. The molecule has 0 saturated carbocycles. The molecule has 0 N–H and O–H groups in total. The van der Waals surface area contributed by atoms with Crippen molar-refractivity contribution in [3.05, 3.63) is 27.8 Å². The van der Waals surface area contributed by atoms with Crippen molar-refractivity contribution < 1.29 is 28.8 Å². The zero-order chi connectivity index (χ0) is 15.4. The predicted molar refractivity (Wildman–Crippen MR) is 65.7 cm³/mol. The van der Waals surface area contributed by atoms with Gasteiger partial charge in [-0.1, -0.05) is 0 Å². The largest absolute Gasteiger partial charge is 0.422 e. The molecule has 0 heterocycles. The number of benzene rings is 1. The molecule has 1 aromatic rings. The molecule has 106 valence electrons. The first kappa shape index (κ1) is 15.3. The minimum Gasteiger partial charge on any atom is -0.422 e. The van der Waals surface area contributed by atoms with Gasteiger partial charge in [-0.15, -0.1) is 0 Å². The van der Waals surface area contributed by atoms with E-state index in [0.717, 1.165) is 32.9 Å². The van der Waals surface area contributed by atoms with Gasteiger partial charge in [0.05, 0.1) is 10.5 Å². The fraction of sp³-hybridized carbons (Fsp3) is 0.250. The number of nitrogens with zero attached hydrogens (tertiary/aromatic N) is 1. The second-order valence-corrected chi connectivity index (χ2v) is 3.79. The summed E-state index contributed by atoms with van der Waals surface area (Å²) < 4.78 is 9.46. The summed E-state index contributed by atoms with van der Waals surface area (Å²) in [5.74, 6) is -3.04. The maximum Gasteiger partial charge on any atom is 0.326 e. The van der Waals surface area contributed by atoms with Crippen LogP contribution in [0.15, 0.2) is 12.1 Å². The van der Waals surface area contributed by atoms with Gasteiger partial charge in [-0.25, -0.2) is 0 Å². The average Bonchev–Trinajstić information content (AvgIpc) is 2.28. The van der Waals surface area contributed by atoms with Gasteiger partial charge in [-0.3, -0.25) is 24.5 Å². The van der Waals surface area contributed by atoms with Crippen LogP contribution in [0.5, 0.6) is 11.5 Å². The van der Waals surface area contributed by atoms with Crippen molar-refractivity contribution >= 4 is 23.4 Å². The van der Waals surface area contributed by atoms with Crippen molar-refractivity contribution in [1.82, 2.24) is 0 Å². The molecule has 0 aliphatic carbocycles. The van der Waals surface area contributed by atoms with Gasteiger partial charge in [-0.2, -0.15) is 0 Å². The number of nitro benzene ring substituents is 1. The Balaban J connectivity index is 3.60. The van der Waals surface area contributed by atoms with Crippen LogP contribution in [0.3, 0.4) is 0 Å². The molecule has 0 aromatic heterocycles. The molecule has 0 aliphatic rings. The van der Waals surface area contributed by atoms with Crippen LogP contribution in [0, 0.1) is 10.1 Å². The smallest absolute Gasteiger partial charge is 0.326 e. The monoisotopic (exact) mass is 281 g/mol. The van der Waals surface area contributed by atoms with E-state index >= 15 is 0 Å². The quantitative estimate of drug-likeness (QED) is 0.271. The summed E-state index contributed by atoms with van der Waals surface area (Å²) in [6.07, 6.45) is 0. The Morgan fingerprint density at radius 2 is 1.60 bits per heavy atom. The lowest BCUT2D eigenvalue weighted by Gasteiger charge is -2.10. The van der Waals surface area contributed by atoms with Crippen molar-refractivity contribution in [2.75, 3.05) is 0 Å². The molecule has 8 heteroatoms. The zero-order valence-electron chi connectivity index (χ0n) is 11.0. The SMILES string of the molecule is CC(=O)Oc1ccc(C(C)=O)c([N+](=O)[O-])c1OC(C)=O. The van der Waals surface area contributed by atoms with Crippen LogP contribution in [0.2, 0.25) is 0 Å². The molecular weight excluding hydrogens is 270 g/mol. The number of nitro groups is 1. The van der Waals surface area contributed by atoms with E-state index in [2.05, 4.69) is 0 Å². The average molecular weight is 281 g/mol. The highest BCUT2D eigenvalue weighted by molar-refractivity contribution is 6.00. The second kappa shape index (κ2) is 5.91. The van der Waals surface area contributed by atoms with Crippen LogP contribution in [-0.4, -0.2) is 22.6 Å². The van der Waals surface area contributed by atoms with Gasteiger partial charge >= 0.3 is 17.6 Å². The standard InChI is InChI=1S/C12H11NO7/c1-6(14)9-4-5-10(19-7(2)15)12(20-8(3)16)11(9)13(17)18/h4-5H,1-3H3. The molecule has 0 spiro atoms. The minimum atomic E-state index is -0.873. The summed E-state index contributed by atoms with van der Waals surface area (Å²) >= 11 is 0. The van der Waals surface area contributed by atoms with Gasteiger partial charge in [0.15, 0.2) is 11.5 Å². The summed E-state index contributed by atoms with van der Waals surface area (Å²) in [5, 5.41) is 11.1. The lowest BCUT2D eigenvalue weighted by atomic mass is 10.1. The Morgan fingerprint density at radius 3 is 2.00 bits per heavy atom. The van der Waals surface area contributed by atoms with Crippen molar-refractivity contribution in [1.29, 1.82) is 0 Å². The molecule has 0 bridgehead atoms. The van der Waals surface area contributed by atoms with E-state index in [1.54, 1.807) is 0 Å². The van der Waals surface area contributed by atoms with E-state index in [1.165, 1.54) is 0 Å². The number of esters is 2. The first-order valence-corrected chi connectivity index (χ1v) is 5.43. The Morgan fingerprint density at radius 1 is 1.05 bits per heavy atom. The third-order valence-corrected chi connectivity index (χ3v) is 2.16. The lowest BCUT2D eigenvalue weighted by molar-refractivity contribution is -0.386. The lowest BCUT2D eigenvalue weighted by Crippen LogP contribution is -2.11. The number of rotatable bonds is 4. The van der Waals surface area contributed by atoms with Crippen LogP contribution in [-0.2, 0) is 9.59 Å². The molecule has 0 unspecified atom stereocenters. The fourth-order valence-corrected chi connectivity index (χ4v) is 1.50. The summed E-state index contributed by atoms with van der Waals surface area (Å²) in [5.41, 5.74) is -0.964. The first-order valence-electron chi connectivity index (χ1n) is 5.43. The second-order valence-electron chi connectivity index (χ2n) is 3.79. The highest BCUT2D eigenvalue weighted by Crippen LogP contribution is 2.40. The molecule has 0 radical (unpaired) electrons. The summed E-state index contributed by atoms with van der Waals surface area (Å²) in [7, 11) is 0. The molecule has 0 aliphatic heterocycles. The molecule has 0 fully saturated rings. The van der Waals surface area contributed by atoms with Crippen molar-refractivity contribution in [2.45, 2.75) is 20.8 Å². The van der Waals surface area contributed by atoms with Crippen LogP contribution in [0.25, 0.3) is 0 Å². The molecule has 1 rings (SSSR count). The van der Waals surface area contributed by atoms with Crippen LogP contribution in [0.1, 0.15) is 31.1 Å². The summed E-state index contributed by atoms with van der Waals surface area (Å²) in [4.78, 5) is 43.6. The number of hydrogen-bond donors (Lipinski definition) is 0. The van der Waals surface area contributed by atoms with Gasteiger partial charge in [0, 0.05) is 13.8 Å². The van der Waals surface area contributed by atoms with Gasteiger partial charge in [0.1, 0.15) is 0 Å². The van der Waals surface area contributed by atoms with Crippen LogP contribution < -0.4 is 9.47 Å². The van der Waals surface area contributed by atoms with Gasteiger partial charge in [0.25, 0.3) is 5.75 Å². The topological polar surface area (TPSA) is 113 Å². The Kier molecular flexibility index (Phi) is 4.52. The first-order chi connectivity index (χ1) is 9.23. The van der Waals surface area contributed by atoms with Crippen molar-refractivity contribution in [3.8, 4) is 11.5 Å². The summed E-state index contributed by atoms with van der Waals surface area (Å²) in [6.45, 7) is 3.25. The van der Waals surface area contributed by atoms with Crippen molar-refractivity contribution in [2.24, 2.45) is 0 Å². The normalized spacial score (nSPS) is 9.75. The number of ether oxygens (including phenoxy) is 2. The predicted octanol–water partition coefficient (Wildman–Crippen LogP) is 1.65. The van der Waals surface area contributed by atoms with Crippen LogP contribution >= 0.6 is 0 Å². The Labute approximate surface area is 113 Å². The molecule has 20 heavy (non-hydrogen) atoms. The maximum absolute atomic E-state index is 11.4. The highest BCUT2D eigenvalue weighted by Gasteiger charge is 2.29. The maximum atomic E-state index is 11.4. The van der Waals surface area contributed by atoms with E-state index in [-0.39, 0.29) is 11.3 Å².